The molecular weight excluding hydrogens is 328 g/mol. The van der Waals surface area contributed by atoms with Crippen LogP contribution in [0.1, 0.15) is 35.3 Å². The highest BCUT2D eigenvalue weighted by molar-refractivity contribution is 5.94. The first-order valence-corrected chi connectivity index (χ1v) is 7.83. The first-order chi connectivity index (χ1) is 11.8. The number of benzene rings is 2. The van der Waals surface area contributed by atoms with E-state index < -0.39 is 17.6 Å². The molecule has 0 atom stereocenters. The van der Waals surface area contributed by atoms with Gasteiger partial charge in [-0.2, -0.15) is 0 Å². The summed E-state index contributed by atoms with van der Waals surface area (Å²) < 4.78 is 27.0. The van der Waals surface area contributed by atoms with Crippen molar-refractivity contribution in [3.63, 3.8) is 0 Å². The molecule has 0 radical (unpaired) electrons. The number of amides is 1. The van der Waals surface area contributed by atoms with Crippen LogP contribution < -0.4 is 0 Å². The number of aliphatic carboxylic acids is 1. The number of carboxylic acids is 1. The summed E-state index contributed by atoms with van der Waals surface area (Å²) in [6.45, 7) is 3.58. The molecule has 2 aromatic rings. The van der Waals surface area contributed by atoms with E-state index in [1.807, 2.05) is 0 Å². The quantitative estimate of drug-likeness (QED) is 0.868. The molecule has 0 aromatic heterocycles. The molecule has 6 heteroatoms. The third-order valence-corrected chi connectivity index (χ3v) is 3.77. The molecule has 0 aliphatic heterocycles. The zero-order valence-corrected chi connectivity index (χ0v) is 14.0. The summed E-state index contributed by atoms with van der Waals surface area (Å²) in [4.78, 5) is 25.1. The van der Waals surface area contributed by atoms with E-state index in [0.29, 0.717) is 11.1 Å². The van der Waals surface area contributed by atoms with Gasteiger partial charge in [0.15, 0.2) is 0 Å². The number of carbonyl (C=O) groups is 2. The first-order valence-electron chi connectivity index (χ1n) is 7.83. The Labute approximate surface area is 144 Å². The summed E-state index contributed by atoms with van der Waals surface area (Å²) in [6.07, 6.45) is -0.185. The Morgan fingerprint density at radius 3 is 2.44 bits per heavy atom. The van der Waals surface area contributed by atoms with E-state index in [9.17, 15) is 18.4 Å². The van der Waals surface area contributed by atoms with Gasteiger partial charge in [0.2, 0.25) is 0 Å². The summed E-state index contributed by atoms with van der Waals surface area (Å²) >= 11 is 0. The normalized spacial score (nSPS) is 10.8. The summed E-state index contributed by atoms with van der Waals surface area (Å²) in [6, 6.07) is 9.37. The number of hydrogen-bond donors (Lipinski definition) is 1. The van der Waals surface area contributed by atoms with Crippen LogP contribution in [0, 0.1) is 11.6 Å². The second-order valence-electron chi connectivity index (χ2n) is 6.03. The average molecular weight is 347 g/mol. The molecule has 0 fully saturated rings. The van der Waals surface area contributed by atoms with Gasteiger partial charge < -0.3 is 10.0 Å². The lowest BCUT2D eigenvalue weighted by molar-refractivity contribution is -0.136. The molecule has 0 saturated heterocycles. The fraction of sp³-hybridized carbons (Fsp3) is 0.263. The Morgan fingerprint density at radius 2 is 1.84 bits per heavy atom. The maximum absolute atomic E-state index is 13.9. The lowest BCUT2D eigenvalue weighted by atomic mass is 10.1. The van der Waals surface area contributed by atoms with Gasteiger partial charge in [0.05, 0.1) is 6.42 Å². The Hall–Kier alpha value is -2.76. The predicted molar refractivity (Wildman–Crippen MR) is 89.1 cm³/mol. The molecule has 1 amide bonds. The van der Waals surface area contributed by atoms with Crippen LogP contribution in [0.5, 0.6) is 0 Å². The highest BCUT2D eigenvalue weighted by atomic mass is 19.1. The van der Waals surface area contributed by atoms with Gasteiger partial charge in [-0.15, -0.1) is 0 Å². The van der Waals surface area contributed by atoms with E-state index in [0.717, 1.165) is 12.1 Å². The molecule has 0 saturated carbocycles. The van der Waals surface area contributed by atoms with Gasteiger partial charge in [-0.1, -0.05) is 18.2 Å². The van der Waals surface area contributed by atoms with Crippen molar-refractivity contribution < 1.29 is 23.5 Å². The zero-order valence-electron chi connectivity index (χ0n) is 14.0. The minimum atomic E-state index is -0.987. The van der Waals surface area contributed by atoms with E-state index in [4.69, 9.17) is 5.11 Å². The number of nitrogens with zero attached hydrogens (tertiary/aromatic N) is 1. The number of hydrogen-bond acceptors (Lipinski definition) is 2. The van der Waals surface area contributed by atoms with Crippen LogP contribution in [-0.4, -0.2) is 27.9 Å². The zero-order chi connectivity index (χ0) is 18.6. The van der Waals surface area contributed by atoms with E-state index in [-0.39, 0.29) is 30.5 Å². The SMILES string of the molecule is CC(C)N(Cc1ccc(F)cc1F)C(=O)c1cccc(CC(=O)O)c1. The molecule has 0 bridgehead atoms. The van der Waals surface area contributed by atoms with E-state index in [1.54, 1.807) is 32.0 Å². The van der Waals surface area contributed by atoms with Crippen molar-refractivity contribution in [2.24, 2.45) is 0 Å². The Balaban J connectivity index is 2.27. The van der Waals surface area contributed by atoms with E-state index in [1.165, 1.54) is 17.0 Å². The molecular formula is C19H19F2NO3. The number of carboxylic acid groups (broad SMARTS) is 1. The maximum Gasteiger partial charge on any atom is 0.307 e. The van der Waals surface area contributed by atoms with Crippen molar-refractivity contribution in [1.82, 2.24) is 4.90 Å². The lowest BCUT2D eigenvalue weighted by Crippen LogP contribution is -2.36. The second-order valence-corrected chi connectivity index (χ2v) is 6.03. The van der Waals surface area contributed by atoms with Gasteiger partial charge in [0.1, 0.15) is 11.6 Å². The Bertz CT molecular complexity index is 790. The Kier molecular flexibility index (Phi) is 5.85. The van der Waals surface area contributed by atoms with Crippen molar-refractivity contribution in [1.29, 1.82) is 0 Å². The molecule has 132 valence electrons. The first kappa shape index (κ1) is 18.6. The van der Waals surface area contributed by atoms with Crippen molar-refractivity contribution in [3.05, 3.63) is 70.8 Å². The van der Waals surface area contributed by atoms with Crippen LogP contribution in [0.2, 0.25) is 0 Å². The van der Waals surface area contributed by atoms with Crippen molar-refractivity contribution in [3.8, 4) is 0 Å². The maximum atomic E-state index is 13.9. The fourth-order valence-electron chi connectivity index (χ4n) is 2.48. The standard InChI is InChI=1S/C19H19F2NO3/c1-12(2)22(11-15-6-7-16(20)10-17(15)21)19(25)14-5-3-4-13(8-14)9-18(23)24/h3-8,10,12H,9,11H2,1-2H3,(H,23,24). The van der Waals surface area contributed by atoms with Gasteiger partial charge in [0.25, 0.3) is 5.91 Å². The molecule has 0 unspecified atom stereocenters. The molecule has 0 aliphatic carbocycles. The van der Waals surface area contributed by atoms with Crippen LogP contribution >= 0.6 is 0 Å². The third-order valence-electron chi connectivity index (χ3n) is 3.77. The van der Waals surface area contributed by atoms with E-state index >= 15 is 0 Å². The molecule has 0 aliphatic rings. The summed E-state index contributed by atoms with van der Waals surface area (Å²) in [5, 5.41) is 8.87. The number of halogens is 2. The smallest absolute Gasteiger partial charge is 0.307 e. The second kappa shape index (κ2) is 7.88. The third kappa shape index (κ3) is 4.86. The van der Waals surface area contributed by atoms with Crippen LogP contribution in [0.3, 0.4) is 0 Å². The van der Waals surface area contributed by atoms with Crippen LogP contribution in [0.25, 0.3) is 0 Å². The van der Waals surface area contributed by atoms with Gasteiger partial charge in [-0.3, -0.25) is 9.59 Å². The van der Waals surface area contributed by atoms with Gasteiger partial charge in [-0.05, 0) is 37.6 Å². The molecule has 4 nitrogen and oxygen atoms in total. The summed E-state index contributed by atoms with van der Waals surface area (Å²) in [5.41, 5.74) is 1.05. The van der Waals surface area contributed by atoms with Gasteiger partial charge in [-0.25, -0.2) is 8.78 Å². The molecule has 1 N–H and O–H groups in total. The molecule has 25 heavy (non-hydrogen) atoms. The minimum absolute atomic E-state index is 0.00816. The summed E-state index contributed by atoms with van der Waals surface area (Å²) in [5.74, 6) is -2.72. The minimum Gasteiger partial charge on any atom is -0.481 e. The van der Waals surface area contributed by atoms with Crippen LogP contribution in [-0.2, 0) is 17.8 Å². The highest BCUT2D eigenvalue weighted by Gasteiger charge is 2.21. The van der Waals surface area contributed by atoms with Crippen LogP contribution in [0.15, 0.2) is 42.5 Å². The largest absolute Gasteiger partial charge is 0.481 e. The van der Waals surface area contributed by atoms with Crippen LogP contribution in [0.4, 0.5) is 8.78 Å². The van der Waals surface area contributed by atoms with Crippen molar-refractivity contribution in [2.75, 3.05) is 0 Å². The molecule has 2 aromatic carbocycles. The van der Waals surface area contributed by atoms with Crippen molar-refractivity contribution >= 4 is 11.9 Å². The van der Waals surface area contributed by atoms with E-state index in [2.05, 4.69) is 0 Å². The number of carbonyl (C=O) groups excluding carboxylic acids is 1. The summed E-state index contributed by atoms with van der Waals surface area (Å²) in [7, 11) is 0. The molecule has 0 heterocycles. The van der Waals surface area contributed by atoms with Gasteiger partial charge in [0, 0.05) is 29.8 Å². The lowest BCUT2D eigenvalue weighted by Gasteiger charge is -2.27. The molecule has 2 rings (SSSR count). The topological polar surface area (TPSA) is 57.6 Å². The van der Waals surface area contributed by atoms with Crippen molar-refractivity contribution in [2.45, 2.75) is 32.9 Å². The predicted octanol–water partition coefficient (Wildman–Crippen LogP) is 3.64. The average Bonchev–Trinajstić information content (AvgIpc) is 2.53. The fourth-order valence-corrected chi connectivity index (χ4v) is 2.48. The molecule has 0 spiro atoms. The highest BCUT2D eigenvalue weighted by Crippen LogP contribution is 2.17. The number of rotatable bonds is 6. The monoisotopic (exact) mass is 347 g/mol. The Morgan fingerprint density at radius 1 is 1.12 bits per heavy atom. The van der Waals surface area contributed by atoms with Gasteiger partial charge >= 0.3 is 5.97 Å².